The van der Waals surface area contributed by atoms with Crippen LogP contribution in [0.1, 0.15) is 28.3 Å². The minimum Gasteiger partial charge on any atom is -0.348 e. The van der Waals surface area contributed by atoms with Crippen LogP contribution in [-0.2, 0) is 13.1 Å². The van der Waals surface area contributed by atoms with Crippen LogP contribution < -0.4 is 0 Å². The molecule has 1 aromatic carbocycles. The number of hydrogen-bond acceptors (Lipinski definition) is 4. The van der Waals surface area contributed by atoms with Crippen LogP contribution in [0, 0.1) is 20.8 Å². The summed E-state index contributed by atoms with van der Waals surface area (Å²) in [6.45, 7) is 9.93. The fourth-order valence-electron chi connectivity index (χ4n) is 3.25. The number of benzene rings is 1. The van der Waals surface area contributed by atoms with Crippen LogP contribution in [0.5, 0.6) is 0 Å². The molecule has 3 aromatic rings. The molecule has 0 saturated heterocycles. The van der Waals surface area contributed by atoms with Crippen molar-refractivity contribution in [3.63, 3.8) is 0 Å². The summed E-state index contributed by atoms with van der Waals surface area (Å²) < 4.78 is 2.01. The van der Waals surface area contributed by atoms with E-state index in [4.69, 9.17) is 0 Å². The molecule has 0 aliphatic carbocycles. The molecular weight excluding hydrogens is 336 g/mol. The predicted molar refractivity (Wildman–Crippen MR) is 109 cm³/mol. The Bertz CT molecular complexity index is 876. The van der Waals surface area contributed by atoms with Gasteiger partial charge < -0.3 is 9.88 Å². The Morgan fingerprint density at radius 2 is 1.85 bits per heavy atom. The smallest absolute Gasteiger partial charge is 0.0925 e. The molecule has 6 heteroatoms. The van der Waals surface area contributed by atoms with E-state index < -0.39 is 0 Å². The first-order valence-corrected chi connectivity index (χ1v) is 9.41. The van der Waals surface area contributed by atoms with Gasteiger partial charge in [0.25, 0.3) is 0 Å². The second-order valence-corrected chi connectivity index (χ2v) is 7.50. The van der Waals surface area contributed by atoms with Gasteiger partial charge in [-0.3, -0.25) is 4.90 Å². The van der Waals surface area contributed by atoms with Gasteiger partial charge in [0.15, 0.2) is 0 Å². The Morgan fingerprint density at radius 1 is 1.04 bits per heavy atom. The summed E-state index contributed by atoms with van der Waals surface area (Å²) in [4.78, 5) is 12.3. The lowest BCUT2D eigenvalue weighted by Crippen LogP contribution is -2.31. The molecule has 0 saturated carbocycles. The lowest BCUT2D eigenvalue weighted by atomic mass is 10.1. The maximum atomic E-state index is 4.61. The van der Waals surface area contributed by atoms with Gasteiger partial charge in [0.05, 0.1) is 23.4 Å². The maximum Gasteiger partial charge on any atom is 0.0925 e. The Morgan fingerprint density at radius 3 is 2.48 bits per heavy atom. The number of hydrogen-bond donors (Lipinski definition) is 1. The van der Waals surface area contributed by atoms with Crippen molar-refractivity contribution in [2.75, 3.05) is 27.2 Å². The third-order valence-electron chi connectivity index (χ3n) is 4.74. The number of aromatic amines is 1. The highest BCUT2D eigenvalue weighted by Crippen LogP contribution is 2.16. The van der Waals surface area contributed by atoms with Gasteiger partial charge in [0, 0.05) is 37.6 Å². The topological polar surface area (TPSA) is 53.0 Å². The molecule has 144 valence electrons. The SMILES string of the molecule is Cc1cc(C)n(-c2cccc(CN(CCN(C)C)Cc3nc[nH]c3C)c2)n1. The maximum absolute atomic E-state index is 4.61. The molecule has 0 aliphatic rings. The van der Waals surface area contributed by atoms with Crippen molar-refractivity contribution in [2.45, 2.75) is 33.9 Å². The molecule has 0 amide bonds. The molecule has 0 bridgehead atoms. The van der Waals surface area contributed by atoms with Crippen LogP contribution in [0.25, 0.3) is 5.69 Å². The predicted octanol–water partition coefficient (Wildman–Crippen LogP) is 3.08. The van der Waals surface area contributed by atoms with E-state index in [1.54, 1.807) is 6.33 Å². The number of rotatable bonds is 8. The summed E-state index contributed by atoms with van der Waals surface area (Å²) in [5.41, 5.74) is 6.85. The first-order chi connectivity index (χ1) is 12.9. The van der Waals surface area contributed by atoms with E-state index in [9.17, 15) is 0 Å². The number of nitrogens with one attached hydrogen (secondary N) is 1. The van der Waals surface area contributed by atoms with Gasteiger partial charge in [-0.05, 0) is 58.6 Å². The monoisotopic (exact) mass is 366 g/mol. The van der Waals surface area contributed by atoms with Crippen LogP contribution in [0.4, 0.5) is 0 Å². The summed E-state index contributed by atoms with van der Waals surface area (Å²) in [6, 6.07) is 10.8. The van der Waals surface area contributed by atoms with E-state index in [1.807, 2.05) is 11.6 Å². The average molecular weight is 367 g/mol. The summed E-state index contributed by atoms with van der Waals surface area (Å²) >= 11 is 0. The number of nitrogens with zero attached hydrogens (tertiary/aromatic N) is 5. The van der Waals surface area contributed by atoms with Crippen molar-refractivity contribution < 1.29 is 0 Å². The molecule has 0 radical (unpaired) electrons. The molecule has 27 heavy (non-hydrogen) atoms. The van der Waals surface area contributed by atoms with Crippen molar-refractivity contribution in [2.24, 2.45) is 0 Å². The van der Waals surface area contributed by atoms with Gasteiger partial charge in [0.2, 0.25) is 0 Å². The number of aryl methyl sites for hydroxylation is 3. The second-order valence-electron chi connectivity index (χ2n) is 7.50. The van der Waals surface area contributed by atoms with Crippen LogP contribution in [0.2, 0.25) is 0 Å². The third-order valence-corrected chi connectivity index (χ3v) is 4.74. The molecule has 2 heterocycles. The second kappa shape index (κ2) is 8.50. The minimum atomic E-state index is 0.841. The number of imidazole rings is 1. The van der Waals surface area contributed by atoms with E-state index in [2.05, 4.69) is 83.1 Å². The molecule has 6 nitrogen and oxygen atoms in total. The molecule has 1 N–H and O–H groups in total. The van der Waals surface area contributed by atoms with Gasteiger partial charge in [-0.15, -0.1) is 0 Å². The highest BCUT2D eigenvalue weighted by atomic mass is 15.3. The van der Waals surface area contributed by atoms with Crippen LogP contribution in [-0.4, -0.2) is 56.7 Å². The molecule has 2 aromatic heterocycles. The summed E-state index contributed by atoms with van der Waals surface area (Å²) in [6.07, 6.45) is 1.78. The van der Waals surface area contributed by atoms with Crippen molar-refractivity contribution >= 4 is 0 Å². The number of aromatic nitrogens is 4. The minimum absolute atomic E-state index is 0.841. The molecule has 0 spiro atoms. The van der Waals surface area contributed by atoms with Crippen molar-refractivity contribution in [1.29, 1.82) is 0 Å². The third kappa shape index (κ3) is 5.05. The molecule has 3 rings (SSSR count). The van der Waals surface area contributed by atoms with Gasteiger partial charge in [0.1, 0.15) is 0 Å². The Hall–Kier alpha value is -2.44. The first-order valence-electron chi connectivity index (χ1n) is 9.41. The van der Waals surface area contributed by atoms with E-state index in [0.717, 1.165) is 54.6 Å². The average Bonchev–Trinajstić information content (AvgIpc) is 3.17. The van der Waals surface area contributed by atoms with E-state index >= 15 is 0 Å². The fraction of sp³-hybridized carbons (Fsp3) is 0.429. The molecule has 0 atom stereocenters. The lowest BCUT2D eigenvalue weighted by molar-refractivity contribution is 0.224. The van der Waals surface area contributed by atoms with Crippen molar-refractivity contribution in [3.05, 3.63) is 65.0 Å². The van der Waals surface area contributed by atoms with Gasteiger partial charge in [-0.2, -0.15) is 5.10 Å². The van der Waals surface area contributed by atoms with Crippen LogP contribution >= 0.6 is 0 Å². The highest BCUT2D eigenvalue weighted by molar-refractivity contribution is 5.37. The van der Waals surface area contributed by atoms with Crippen LogP contribution in [0.15, 0.2) is 36.7 Å². The van der Waals surface area contributed by atoms with Crippen molar-refractivity contribution in [3.8, 4) is 5.69 Å². The number of H-pyrrole nitrogens is 1. The normalized spacial score (nSPS) is 11.7. The Kier molecular flexibility index (Phi) is 6.08. The van der Waals surface area contributed by atoms with E-state index in [-0.39, 0.29) is 0 Å². The molecule has 0 unspecified atom stereocenters. The largest absolute Gasteiger partial charge is 0.348 e. The van der Waals surface area contributed by atoms with Crippen molar-refractivity contribution in [1.82, 2.24) is 29.5 Å². The van der Waals surface area contributed by atoms with Gasteiger partial charge in [-0.25, -0.2) is 9.67 Å². The van der Waals surface area contributed by atoms with Gasteiger partial charge in [-0.1, -0.05) is 12.1 Å². The first kappa shape index (κ1) is 19.3. The van der Waals surface area contributed by atoms with Gasteiger partial charge >= 0.3 is 0 Å². The zero-order valence-corrected chi connectivity index (χ0v) is 17.0. The fourth-order valence-corrected chi connectivity index (χ4v) is 3.25. The van der Waals surface area contributed by atoms with Crippen LogP contribution in [0.3, 0.4) is 0 Å². The standard InChI is InChI=1S/C21H30N6/c1-16-11-17(2)27(24-16)20-8-6-7-19(12-20)13-26(10-9-25(4)5)14-21-18(3)22-15-23-21/h6-8,11-12,15H,9-10,13-14H2,1-5H3,(H,22,23). The van der Waals surface area contributed by atoms with E-state index in [1.165, 1.54) is 5.56 Å². The van der Waals surface area contributed by atoms with E-state index in [0.29, 0.717) is 0 Å². The zero-order chi connectivity index (χ0) is 19.4. The highest BCUT2D eigenvalue weighted by Gasteiger charge is 2.12. The quantitative estimate of drug-likeness (QED) is 0.666. The lowest BCUT2D eigenvalue weighted by Gasteiger charge is -2.24. The molecule has 0 fully saturated rings. The zero-order valence-electron chi connectivity index (χ0n) is 17.0. The summed E-state index contributed by atoms with van der Waals surface area (Å²) in [7, 11) is 4.23. The Balaban J connectivity index is 1.79. The Labute approximate surface area is 161 Å². The summed E-state index contributed by atoms with van der Waals surface area (Å²) in [5.74, 6) is 0. The molecular formula is C21H30N6. The summed E-state index contributed by atoms with van der Waals surface area (Å²) in [5, 5.41) is 4.61. The molecule has 0 aliphatic heterocycles. The number of likely N-dealkylation sites (N-methyl/N-ethyl adjacent to an activating group) is 1.